The molecule has 1 aromatic rings. The summed E-state index contributed by atoms with van der Waals surface area (Å²) < 4.78 is 8.81. The second-order valence-corrected chi connectivity index (χ2v) is 2.48. The molecule has 0 saturated carbocycles. The van der Waals surface area contributed by atoms with Gasteiger partial charge in [0.05, 0.1) is 6.61 Å². The van der Waals surface area contributed by atoms with E-state index in [1.54, 1.807) is 6.92 Å². The monoisotopic (exact) mass is 217 g/mol. The SMILES string of the molecule is CCOC(=O)/C([O-])=C/C(=O)c1ccon1.[Li+]. The summed E-state index contributed by atoms with van der Waals surface area (Å²) in [5.41, 5.74) is -0.0346. The van der Waals surface area contributed by atoms with Crippen LogP contribution >= 0.6 is 0 Å². The summed E-state index contributed by atoms with van der Waals surface area (Å²) in [6.07, 6.45) is 1.81. The largest absolute Gasteiger partial charge is 1.00 e. The topological polar surface area (TPSA) is 92.5 Å². The maximum absolute atomic E-state index is 11.2. The molecule has 0 spiro atoms. The molecule has 0 aromatic carbocycles. The zero-order valence-corrected chi connectivity index (χ0v) is 8.93. The van der Waals surface area contributed by atoms with Crippen LogP contribution in [0.25, 0.3) is 0 Å². The van der Waals surface area contributed by atoms with Gasteiger partial charge < -0.3 is 14.4 Å². The van der Waals surface area contributed by atoms with Gasteiger partial charge in [0.25, 0.3) is 0 Å². The first-order valence-corrected chi connectivity index (χ1v) is 4.15. The molecule has 0 atom stereocenters. The molecule has 0 amide bonds. The molecule has 6 nitrogen and oxygen atoms in total. The number of allylic oxidation sites excluding steroid dienone is 1. The number of aromatic nitrogens is 1. The van der Waals surface area contributed by atoms with Crippen LogP contribution in [0.5, 0.6) is 0 Å². The van der Waals surface area contributed by atoms with E-state index in [4.69, 9.17) is 0 Å². The third-order valence-corrected chi connectivity index (χ3v) is 1.43. The summed E-state index contributed by atoms with van der Waals surface area (Å²) in [6, 6.07) is 1.29. The van der Waals surface area contributed by atoms with Crippen LogP contribution in [0, 0.1) is 0 Å². The Morgan fingerprint density at radius 3 is 2.81 bits per heavy atom. The normalized spacial score (nSPS) is 10.4. The molecule has 1 heterocycles. The minimum Gasteiger partial charge on any atom is -0.867 e. The Morgan fingerprint density at radius 2 is 2.31 bits per heavy atom. The van der Waals surface area contributed by atoms with Crippen LogP contribution in [-0.4, -0.2) is 23.5 Å². The Morgan fingerprint density at radius 1 is 1.62 bits per heavy atom. The zero-order chi connectivity index (χ0) is 11.3. The average molecular weight is 217 g/mol. The fourth-order valence-corrected chi connectivity index (χ4v) is 0.794. The number of carbonyl (C=O) groups is 2. The number of ether oxygens (including phenoxy) is 1. The standard InChI is InChI=1S/C9H9NO5.Li/c1-2-14-9(13)8(12)5-7(11)6-3-4-15-10-6;/h3-5,12H,2H2,1H3;/q;+1/p-1/b8-5-;. The van der Waals surface area contributed by atoms with Crippen molar-refractivity contribution < 1.29 is 42.8 Å². The van der Waals surface area contributed by atoms with Crippen molar-refractivity contribution >= 4 is 11.8 Å². The molecule has 1 rings (SSSR count). The molecular formula is C9H8LiNO5. The molecule has 80 valence electrons. The Bertz CT molecular complexity index is 385. The van der Waals surface area contributed by atoms with Gasteiger partial charge >= 0.3 is 24.8 Å². The summed E-state index contributed by atoms with van der Waals surface area (Å²) in [6.45, 7) is 1.64. The van der Waals surface area contributed by atoms with E-state index >= 15 is 0 Å². The summed E-state index contributed by atoms with van der Waals surface area (Å²) in [5.74, 6) is -2.76. The van der Waals surface area contributed by atoms with Gasteiger partial charge in [-0.3, -0.25) is 4.79 Å². The van der Waals surface area contributed by atoms with Crippen LogP contribution in [0.3, 0.4) is 0 Å². The van der Waals surface area contributed by atoms with E-state index in [2.05, 4.69) is 14.4 Å². The van der Waals surface area contributed by atoms with Gasteiger partial charge in [0.2, 0.25) is 5.78 Å². The van der Waals surface area contributed by atoms with Gasteiger partial charge in [0, 0.05) is 6.07 Å². The van der Waals surface area contributed by atoms with E-state index in [1.165, 1.54) is 12.3 Å². The van der Waals surface area contributed by atoms with Crippen LogP contribution in [0.1, 0.15) is 17.4 Å². The molecular weight excluding hydrogens is 209 g/mol. The first kappa shape index (κ1) is 14.5. The van der Waals surface area contributed by atoms with E-state index in [1.807, 2.05) is 0 Å². The van der Waals surface area contributed by atoms with Crippen molar-refractivity contribution in [1.29, 1.82) is 0 Å². The Balaban J connectivity index is 0.00000225. The number of esters is 1. The fraction of sp³-hybridized carbons (Fsp3) is 0.222. The predicted molar refractivity (Wildman–Crippen MR) is 45.5 cm³/mol. The first-order valence-electron chi connectivity index (χ1n) is 4.15. The molecule has 0 N–H and O–H groups in total. The minimum atomic E-state index is -1.06. The number of hydrogen-bond donors (Lipinski definition) is 0. The molecule has 0 aliphatic heterocycles. The van der Waals surface area contributed by atoms with Gasteiger partial charge in [-0.1, -0.05) is 5.16 Å². The van der Waals surface area contributed by atoms with Gasteiger partial charge in [0.1, 0.15) is 6.26 Å². The molecule has 16 heavy (non-hydrogen) atoms. The van der Waals surface area contributed by atoms with Crippen molar-refractivity contribution in [1.82, 2.24) is 5.16 Å². The van der Waals surface area contributed by atoms with Crippen molar-refractivity contribution in [3.05, 3.63) is 29.9 Å². The Hall–Kier alpha value is -1.51. The number of carbonyl (C=O) groups excluding carboxylic acids is 2. The third kappa shape index (κ3) is 3.93. The molecule has 0 fully saturated rings. The molecule has 7 heteroatoms. The second kappa shape index (κ2) is 6.88. The number of rotatable bonds is 4. The number of ketones is 1. The van der Waals surface area contributed by atoms with Crippen LogP contribution in [-0.2, 0) is 9.53 Å². The quantitative estimate of drug-likeness (QED) is 0.172. The molecule has 0 bridgehead atoms. The summed E-state index contributed by atoms with van der Waals surface area (Å²) in [7, 11) is 0. The molecule has 0 aliphatic rings. The van der Waals surface area contributed by atoms with Crippen molar-refractivity contribution in [2.24, 2.45) is 0 Å². The maximum atomic E-state index is 11.2. The van der Waals surface area contributed by atoms with Gasteiger partial charge in [-0.15, -0.1) is 0 Å². The van der Waals surface area contributed by atoms with Crippen LogP contribution in [0.4, 0.5) is 0 Å². The molecule has 0 unspecified atom stereocenters. The van der Waals surface area contributed by atoms with Crippen molar-refractivity contribution in [2.45, 2.75) is 6.92 Å². The first-order chi connectivity index (χ1) is 7.15. The zero-order valence-electron chi connectivity index (χ0n) is 8.93. The number of nitrogens with zero attached hydrogens (tertiary/aromatic N) is 1. The van der Waals surface area contributed by atoms with Gasteiger partial charge in [-0.2, -0.15) is 0 Å². The molecule has 0 aliphatic carbocycles. The van der Waals surface area contributed by atoms with E-state index < -0.39 is 17.5 Å². The van der Waals surface area contributed by atoms with Crippen molar-refractivity contribution in [3.8, 4) is 0 Å². The van der Waals surface area contributed by atoms with Crippen LogP contribution < -0.4 is 24.0 Å². The summed E-state index contributed by atoms with van der Waals surface area (Å²) in [5, 5.41) is 14.3. The number of hydrogen-bond acceptors (Lipinski definition) is 6. The van der Waals surface area contributed by atoms with Crippen molar-refractivity contribution in [3.63, 3.8) is 0 Å². The molecule has 0 radical (unpaired) electrons. The van der Waals surface area contributed by atoms with Crippen LogP contribution in [0.15, 0.2) is 28.7 Å². The molecule has 0 saturated heterocycles. The predicted octanol–water partition coefficient (Wildman–Crippen LogP) is -3.33. The maximum Gasteiger partial charge on any atom is 1.00 e. The summed E-state index contributed by atoms with van der Waals surface area (Å²) >= 11 is 0. The molecule has 1 aromatic heterocycles. The van der Waals surface area contributed by atoms with Gasteiger partial charge in [0.15, 0.2) is 5.69 Å². The van der Waals surface area contributed by atoms with E-state index in [0.29, 0.717) is 6.08 Å². The van der Waals surface area contributed by atoms with Gasteiger partial charge in [-0.05, 0) is 18.8 Å². The van der Waals surface area contributed by atoms with E-state index in [9.17, 15) is 14.7 Å². The van der Waals surface area contributed by atoms with E-state index in [-0.39, 0.29) is 31.2 Å². The third-order valence-electron chi connectivity index (χ3n) is 1.43. The van der Waals surface area contributed by atoms with E-state index in [0.717, 1.165) is 0 Å². The Labute approximate surface area is 103 Å². The fourth-order valence-electron chi connectivity index (χ4n) is 0.794. The Kier molecular flexibility index (Phi) is 6.23. The van der Waals surface area contributed by atoms with Gasteiger partial charge in [-0.25, -0.2) is 4.79 Å². The average Bonchev–Trinajstić information content (AvgIpc) is 2.70. The second-order valence-electron chi connectivity index (χ2n) is 2.48. The summed E-state index contributed by atoms with van der Waals surface area (Å²) in [4.78, 5) is 22.1. The minimum absolute atomic E-state index is 0. The van der Waals surface area contributed by atoms with Crippen molar-refractivity contribution in [2.75, 3.05) is 6.61 Å². The smallest absolute Gasteiger partial charge is 0.867 e. The van der Waals surface area contributed by atoms with Crippen LogP contribution in [0.2, 0.25) is 0 Å².